The fraction of sp³-hybridized carbons (Fsp3) is 0.0909. The Kier molecular flexibility index (Phi) is 7.41. The van der Waals surface area contributed by atoms with Gasteiger partial charge in [0.15, 0.2) is 0 Å². The smallest absolute Gasteiger partial charge is 0.270 e. The Bertz CT molecular complexity index is 1310. The fourth-order valence-corrected chi connectivity index (χ4v) is 4.44. The number of rotatable bonds is 8. The van der Waals surface area contributed by atoms with Crippen LogP contribution in [0.3, 0.4) is 0 Å². The summed E-state index contributed by atoms with van der Waals surface area (Å²) in [5.41, 5.74) is 3.49. The second-order valence-corrected chi connectivity index (χ2v) is 9.17. The van der Waals surface area contributed by atoms with Gasteiger partial charge in [0.05, 0.1) is 21.7 Å². The molecule has 0 radical (unpaired) electrons. The quantitative estimate of drug-likeness (QED) is 0.294. The number of carbonyl (C=O) groups excluding carboxylic acids is 1. The number of nitro groups is 1. The molecule has 1 N–H and O–H groups in total. The number of nitro benzene ring substituents is 1. The maximum atomic E-state index is 13.3. The van der Waals surface area contributed by atoms with E-state index in [-0.39, 0.29) is 16.3 Å². The molecule has 3 aromatic carbocycles. The molecule has 0 heterocycles. The summed E-state index contributed by atoms with van der Waals surface area (Å²) in [4.78, 5) is 22.9. The summed E-state index contributed by atoms with van der Waals surface area (Å²) < 4.78 is 27.5. The van der Waals surface area contributed by atoms with E-state index in [1.807, 2.05) is 0 Å². The van der Waals surface area contributed by atoms with Gasteiger partial charge in [-0.2, -0.15) is 5.10 Å². The van der Waals surface area contributed by atoms with Gasteiger partial charge in [-0.05, 0) is 36.8 Å². The molecule has 9 nitrogen and oxygen atoms in total. The first-order valence-corrected chi connectivity index (χ1v) is 11.4. The van der Waals surface area contributed by atoms with Gasteiger partial charge in [-0.3, -0.25) is 19.2 Å². The van der Waals surface area contributed by atoms with Crippen LogP contribution in [0.1, 0.15) is 11.1 Å². The Morgan fingerprint density at radius 3 is 2.52 bits per heavy atom. The molecule has 0 fully saturated rings. The first-order chi connectivity index (χ1) is 15.7. The van der Waals surface area contributed by atoms with Crippen LogP contribution in [0.25, 0.3) is 0 Å². The molecule has 33 heavy (non-hydrogen) atoms. The van der Waals surface area contributed by atoms with E-state index in [4.69, 9.17) is 11.6 Å². The van der Waals surface area contributed by atoms with Crippen LogP contribution in [0.4, 0.5) is 11.4 Å². The number of sulfonamides is 1. The Labute approximate surface area is 195 Å². The van der Waals surface area contributed by atoms with Crippen LogP contribution in [0.15, 0.2) is 82.8 Å². The molecule has 11 heteroatoms. The highest BCUT2D eigenvalue weighted by atomic mass is 35.5. The van der Waals surface area contributed by atoms with E-state index in [2.05, 4.69) is 10.5 Å². The molecule has 0 aliphatic rings. The van der Waals surface area contributed by atoms with E-state index in [1.165, 1.54) is 42.6 Å². The molecule has 0 unspecified atom stereocenters. The average molecular weight is 487 g/mol. The average Bonchev–Trinajstić information content (AvgIpc) is 2.80. The summed E-state index contributed by atoms with van der Waals surface area (Å²) >= 11 is 6.18. The molecule has 170 valence electrons. The lowest BCUT2D eigenvalue weighted by Crippen LogP contribution is -2.39. The summed E-state index contributed by atoms with van der Waals surface area (Å²) in [6.45, 7) is 1.21. The largest absolute Gasteiger partial charge is 0.271 e. The highest BCUT2D eigenvalue weighted by Gasteiger charge is 2.27. The Morgan fingerprint density at radius 1 is 1.12 bits per heavy atom. The van der Waals surface area contributed by atoms with E-state index in [0.717, 1.165) is 9.87 Å². The van der Waals surface area contributed by atoms with Crippen LogP contribution < -0.4 is 9.73 Å². The zero-order valence-electron chi connectivity index (χ0n) is 17.4. The van der Waals surface area contributed by atoms with E-state index < -0.39 is 27.4 Å². The van der Waals surface area contributed by atoms with Crippen LogP contribution in [0.2, 0.25) is 5.02 Å². The second-order valence-electron chi connectivity index (χ2n) is 6.90. The number of hydrazone groups is 1. The van der Waals surface area contributed by atoms with Gasteiger partial charge in [-0.25, -0.2) is 13.8 Å². The van der Waals surface area contributed by atoms with Crippen LogP contribution in [0.5, 0.6) is 0 Å². The molecule has 0 aliphatic heterocycles. The van der Waals surface area contributed by atoms with E-state index in [0.29, 0.717) is 10.6 Å². The SMILES string of the molecule is Cc1ccc(N(CC(=O)N/N=C\c2cccc([N+](=O)[O-])c2)S(=O)(=O)c2ccccc2)cc1Cl. The number of hydrogen-bond donors (Lipinski definition) is 1. The number of nitrogens with one attached hydrogen (secondary N) is 1. The first kappa shape index (κ1) is 23.9. The molecular weight excluding hydrogens is 468 g/mol. The lowest BCUT2D eigenvalue weighted by molar-refractivity contribution is -0.384. The zero-order chi connectivity index (χ0) is 24.0. The number of aryl methyl sites for hydroxylation is 1. The molecule has 0 spiro atoms. The van der Waals surface area contributed by atoms with Crippen molar-refractivity contribution >= 4 is 45.1 Å². The van der Waals surface area contributed by atoms with Crippen LogP contribution in [-0.2, 0) is 14.8 Å². The predicted molar refractivity (Wildman–Crippen MR) is 126 cm³/mol. The maximum absolute atomic E-state index is 13.3. The minimum atomic E-state index is -4.08. The standard InChI is InChI=1S/C22H19ClN4O5S/c1-16-10-11-18(13-21(16)23)26(33(31,32)20-8-3-2-4-9-20)15-22(28)25-24-14-17-6-5-7-19(12-17)27(29)30/h2-14H,15H2,1H3,(H,25,28)/b24-14-. The van der Waals surface area contributed by atoms with Crippen LogP contribution >= 0.6 is 11.6 Å². The van der Waals surface area contributed by atoms with Gasteiger partial charge in [0.25, 0.3) is 21.6 Å². The van der Waals surface area contributed by atoms with Crippen molar-refractivity contribution in [1.29, 1.82) is 0 Å². The van der Waals surface area contributed by atoms with E-state index in [9.17, 15) is 23.3 Å². The third-order valence-electron chi connectivity index (χ3n) is 4.55. The van der Waals surface area contributed by atoms with Gasteiger partial charge in [-0.15, -0.1) is 0 Å². The number of nitrogens with zero attached hydrogens (tertiary/aromatic N) is 3. The molecule has 3 aromatic rings. The normalized spacial score (nSPS) is 11.3. The van der Waals surface area contributed by atoms with Crippen molar-refractivity contribution in [1.82, 2.24) is 5.43 Å². The first-order valence-electron chi connectivity index (χ1n) is 9.59. The van der Waals surface area contributed by atoms with Crippen molar-refractivity contribution in [3.8, 4) is 0 Å². The van der Waals surface area contributed by atoms with Crippen molar-refractivity contribution in [3.63, 3.8) is 0 Å². The number of halogens is 1. The number of benzene rings is 3. The highest BCUT2D eigenvalue weighted by Crippen LogP contribution is 2.27. The van der Waals surface area contributed by atoms with Crippen molar-refractivity contribution in [2.45, 2.75) is 11.8 Å². The number of carbonyl (C=O) groups is 1. The van der Waals surface area contributed by atoms with E-state index >= 15 is 0 Å². The molecule has 1 amide bonds. The Hall–Kier alpha value is -3.76. The van der Waals surface area contributed by atoms with Gasteiger partial charge in [0, 0.05) is 22.7 Å². The molecule has 0 bridgehead atoms. The third kappa shape index (κ3) is 5.93. The summed E-state index contributed by atoms with van der Waals surface area (Å²) in [6.07, 6.45) is 1.23. The second kappa shape index (κ2) is 10.2. The zero-order valence-corrected chi connectivity index (χ0v) is 19.0. The van der Waals surface area contributed by atoms with Crippen LogP contribution in [0, 0.1) is 17.0 Å². The van der Waals surface area contributed by atoms with Gasteiger partial charge >= 0.3 is 0 Å². The molecular formula is C22H19ClN4O5S. The lowest BCUT2D eigenvalue weighted by Gasteiger charge is -2.24. The summed E-state index contributed by atoms with van der Waals surface area (Å²) in [6, 6.07) is 18.0. The van der Waals surface area contributed by atoms with Crippen LogP contribution in [-0.4, -0.2) is 32.0 Å². The van der Waals surface area contributed by atoms with Crippen molar-refractivity contribution in [2.24, 2.45) is 5.10 Å². The van der Waals surface area contributed by atoms with Crippen molar-refractivity contribution < 1.29 is 18.1 Å². The Balaban J connectivity index is 1.84. The molecule has 0 saturated carbocycles. The summed E-state index contributed by atoms with van der Waals surface area (Å²) in [5, 5.41) is 15.0. The summed E-state index contributed by atoms with van der Waals surface area (Å²) in [5.74, 6) is -0.715. The number of non-ortho nitro benzene ring substituents is 1. The van der Waals surface area contributed by atoms with Gasteiger partial charge in [0.2, 0.25) is 0 Å². The number of amides is 1. The number of anilines is 1. The minimum absolute atomic E-state index is 0.00888. The third-order valence-corrected chi connectivity index (χ3v) is 6.74. The molecule has 0 aliphatic carbocycles. The van der Waals surface area contributed by atoms with Crippen molar-refractivity contribution in [3.05, 3.63) is 99.1 Å². The van der Waals surface area contributed by atoms with Crippen molar-refractivity contribution in [2.75, 3.05) is 10.8 Å². The van der Waals surface area contributed by atoms with E-state index in [1.54, 1.807) is 43.3 Å². The van der Waals surface area contributed by atoms with Gasteiger partial charge in [0.1, 0.15) is 6.54 Å². The summed E-state index contributed by atoms with van der Waals surface area (Å²) in [7, 11) is -4.08. The predicted octanol–water partition coefficient (Wildman–Crippen LogP) is 3.90. The Morgan fingerprint density at radius 2 is 1.85 bits per heavy atom. The maximum Gasteiger partial charge on any atom is 0.270 e. The number of hydrogen-bond acceptors (Lipinski definition) is 6. The van der Waals surface area contributed by atoms with Gasteiger partial charge in [-0.1, -0.05) is 48.0 Å². The minimum Gasteiger partial charge on any atom is -0.271 e. The monoisotopic (exact) mass is 486 g/mol. The molecule has 0 aromatic heterocycles. The molecule has 0 saturated heterocycles. The molecule has 0 atom stereocenters. The fourth-order valence-electron chi connectivity index (χ4n) is 2.83. The lowest BCUT2D eigenvalue weighted by atomic mass is 10.2. The highest BCUT2D eigenvalue weighted by molar-refractivity contribution is 7.92. The topological polar surface area (TPSA) is 122 Å². The van der Waals surface area contributed by atoms with Gasteiger partial charge < -0.3 is 0 Å². The molecule has 3 rings (SSSR count).